The number of para-hydroxylation sites is 1. The van der Waals surface area contributed by atoms with E-state index in [0.29, 0.717) is 10.7 Å². The Morgan fingerprint density at radius 1 is 1.19 bits per heavy atom. The molecule has 1 heterocycles. The van der Waals surface area contributed by atoms with Crippen LogP contribution in [0.1, 0.15) is 16.1 Å². The summed E-state index contributed by atoms with van der Waals surface area (Å²) < 4.78 is 0. The lowest BCUT2D eigenvalue weighted by atomic mass is 10.2. The van der Waals surface area contributed by atoms with Crippen molar-refractivity contribution in [3.05, 3.63) is 52.8 Å². The molecule has 108 valence electrons. The third-order valence-electron chi connectivity index (χ3n) is 2.72. The van der Waals surface area contributed by atoms with E-state index in [4.69, 9.17) is 16.7 Å². The van der Waals surface area contributed by atoms with E-state index >= 15 is 0 Å². The largest absolute Gasteiger partial charge is 0.476 e. The number of halogens is 1. The number of aryl methyl sites for hydroxylation is 1. The quantitative estimate of drug-likeness (QED) is 0.810. The van der Waals surface area contributed by atoms with Crippen molar-refractivity contribution in [3.8, 4) is 0 Å². The number of carboxylic acid groups (broad SMARTS) is 1. The number of urea groups is 1. The molecular formula is C14H12ClN3O3. The summed E-state index contributed by atoms with van der Waals surface area (Å²) in [6.07, 6.45) is 1.34. The maximum atomic E-state index is 12.0. The standard InChI is InChI=1S/C14H12ClN3O3/c1-8-4-2-5-9(15)11(8)18-14(21)17-10-6-3-7-16-12(10)13(19)20/h2-7H,1H3,(H,19,20)(H2,17,18,21). The first-order valence-corrected chi connectivity index (χ1v) is 6.38. The van der Waals surface area contributed by atoms with E-state index < -0.39 is 12.0 Å². The zero-order chi connectivity index (χ0) is 15.4. The third-order valence-corrected chi connectivity index (χ3v) is 3.03. The highest BCUT2D eigenvalue weighted by Gasteiger charge is 2.14. The number of hydrogen-bond acceptors (Lipinski definition) is 3. The van der Waals surface area contributed by atoms with Gasteiger partial charge in [0.05, 0.1) is 16.4 Å². The average molecular weight is 306 g/mol. The Kier molecular flexibility index (Phi) is 4.39. The number of pyridine rings is 1. The fourth-order valence-electron chi connectivity index (χ4n) is 1.73. The van der Waals surface area contributed by atoms with E-state index in [0.717, 1.165) is 5.56 Å². The monoisotopic (exact) mass is 305 g/mol. The van der Waals surface area contributed by atoms with Crippen molar-refractivity contribution in [3.63, 3.8) is 0 Å². The van der Waals surface area contributed by atoms with Crippen LogP contribution >= 0.6 is 11.6 Å². The van der Waals surface area contributed by atoms with Crippen LogP contribution in [-0.2, 0) is 0 Å². The molecule has 0 bridgehead atoms. The minimum atomic E-state index is -1.22. The lowest BCUT2D eigenvalue weighted by Crippen LogP contribution is -2.22. The van der Waals surface area contributed by atoms with Crippen molar-refractivity contribution >= 4 is 35.0 Å². The Morgan fingerprint density at radius 2 is 1.95 bits per heavy atom. The van der Waals surface area contributed by atoms with Gasteiger partial charge in [-0.1, -0.05) is 23.7 Å². The molecule has 0 unspecified atom stereocenters. The molecule has 2 aromatic rings. The highest BCUT2D eigenvalue weighted by Crippen LogP contribution is 2.25. The predicted molar refractivity (Wildman–Crippen MR) is 80.0 cm³/mol. The van der Waals surface area contributed by atoms with Gasteiger partial charge in [0.25, 0.3) is 0 Å². The van der Waals surface area contributed by atoms with Crippen LogP contribution < -0.4 is 10.6 Å². The van der Waals surface area contributed by atoms with Gasteiger partial charge in [-0.25, -0.2) is 14.6 Å². The molecule has 3 N–H and O–H groups in total. The molecule has 0 radical (unpaired) electrons. The number of amides is 2. The van der Waals surface area contributed by atoms with Gasteiger partial charge < -0.3 is 15.7 Å². The van der Waals surface area contributed by atoms with E-state index in [9.17, 15) is 9.59 Å². The first kappa shape index (κ1) is 14.8. The zero-order valence-corrected chi connectivity index (χ0v) is 11.8. The number of nitrogens with one attached hydrogen (secondary N) is 2. The minimum Gasteiger partial charge on any atom is -0.476 e. The summed E-state index contributed by atoms with van der Waals surface area (Å²) in [6, 6.07) is 7.61. The molecule has 0 atom stereocenters. The van der Waals surface area contributed by atoms with E-state index in [1.165, 1.54) is 18.3 Å². The molecule has 6 nitrogen and oxygen atoms in total. The van der Waals surface area contributed by atoms with Gasteiger partial charge in [0.1, 0.15) is 0 Å². The molecule has 0 aliphatic rings. The second kappa shape index (κ2) is 6.23. The first-order valence-electron chi connectivity index (χ1n) is 6.00. The Hall–Kier alpha value is -2.60. The van der Waals surface area contributed by atoms with Crippen molar-refractivity contribution in [1.82, 2.24) is 4.98 Å². The second-order valence-corrected chi connectivity index (χ2v) is 4.62. The molecule has 0 saturated carbocycles. The van der Waals surface area contributed by atoms with Crippen LogP contribution in [0.15, 0.2) is 36.5 Å². The molecule has 0 spiro atoms. The maximum absolute atomic E-state index is 12.0. The lowest BCUT2D eigenvalue weighted by Gasteiger charge is -2.12. The molecule has 1 aromatic heterocycles. The summed E-state index contributed by atoms with van der Waals surface area (Å²) >= 11 is 6.01. The fourth-order valence-corrected chi connectivity index (χ4v) is 2.00. The van der Waals surface area contributed by atoms with Crippen molar-refractivity contribution < 1.29 is 14.7 Å². The molecule has 0 fully saturated rings. The summed E-state index contributed by atoms with van der Waals surface area (Å²) in [5.41, 5.74) is 1.13. The van der Waals surface area contributed by atoms with Gasteiger partial charge in [0.2, 0.25) is 0 Å². The maximum Gasteiger partial charge on any atom is 0.356 e. The van der Waals surface area contributed by atoms with E-state index in [1.807, 2.05) is 0 Å². The van der Waals surface area contributed by atoms with Crippen molar-refractivity contribution in [2.45, 2.75) is 6.92 Å². The summed E-state index contributed by atoms with van der Waals surface area (Å²) in [5.74, 6) is -1.22. The number of benzene rings is 1. The smallest absolute Gasteiger partial charge is 0.356 e. The fraction of sp³-hybridized carbons (Fsp3) is 0.0714. The van der Waals surface area contributed by atoms with Crippen molar-refractivity contribution in [1.29, 1.82) is 0 Å². The normalized spacial score (nSPS) is 10.0. The van der Waals surface area contributed by atoms with Crippen LogP contribution in [0.2, 0.25) is 5.02 Å². The van der Waals surface area contributed by atoms with Gasteiger partial charge >= 0.3 is 12.0 Å². The van der Waals surface area contributed by atoms with Crippen LogP contribution in [0.4, 0.5) is 16.2 Å². The van der Waals surface area contributed by atoms with Crippen LogP contribution in [0.3, 0.4) is 0 Å². The van der Waals surface area contributed by atoms with Gasteiger partial charge in [-0.15, -0.1) is 0 Å². The molecule has 1 aromatic carbocycles. The number of aromatic carboxylic acids is 1. The predicted octanol–water partition coefficient (Wildman–Crippen LogP) is 3.39. The number of aromatic nitrogens is 1. The minimum absolute atomic E-state index is 0.104. The van der Waals surface area contributed by atoms with Crippen LogP contribution in [0.25, 0.3) is 0 Å². The Bertz CT molecular complexity index is 683. The molecule has 2 rings (SSSR count). The second-order valence-electron chi connectivity index (χ2n) is 4.22. The number of hydrogen-bond donors (Lipinski definition) is 3. The molecule has 7 heteroatoms. The number of carboxylic acids is 1. The van der Waals surface area contributed by atoms with Gasteiger partial charge in [-0.05, 0) is 30.7 Å². The van der Waals surface area contributed by atoms with Gasteiger partial charge in [-0.2, -0.15) is 0 Å². The first-order chi connectivity index (χ1) is 9.99. The molecule has 0 aliphatic carbocycles. The van der Waals surface area contributed by atoms with E-state index in [-0.39, 0.29) is 11.4 Å². The highest BCUT2D eigenvalue weighted by atomic mass is 35.5. The Balaban J connectivity index is 2.18. The van der Waals surface area contributed by atoms with Gasteiger partial charge in [0, 0.05) is 6.20 Å². The third kappa shape index (κ3) is 3.49. The van der Waals surface area contributed by atoms with Crippen LogP contribution in [0.5, 0.6) is 0 Å². The summed E-state index contributed by atoms with van der Waals surface area (Å²) in [4.78, 5) is 26.7. The van der Waals surface area contributed by atoms with E-state index in [1.54, 1.807) is 25.1 Å². The van der Waals surface area contributed by atoms with Crippen LogP contribution in [-0.4, -0.2) is 22.1 Å². The molecule has 21 heavy (non-hydrogen) atoms. The number of anilines is 2. The number of carbonyl (C=O) groups is 2. The molecule has 2 amide bonds. The van der Waals surface area contributed by atoms with Crippen molar-refractivity contribution in [2.75, 3.05) is 10.6 Å². The van der Waals surface area contributed by atoms with E-state index in [2.05, 4.69) is 15.6 Å². The molecule has 0 saturated heterocycles. The Labute approximate surface area is 125 Å². The summed E-state index contributed by atoms with van der Waals surface area (Å²) in [6.45, 7) is 1.80. The summed E-state index contributed by atoms with van der Waals surface area (Å²) in [7, 11) is 0. The summed E-state index contributed by atoms with van der Waals surface area (Å²) in [5, 5.41) is 14.4. The molecular weight excluding hydrogens is 294 g/mol. The lowest BCUT2D eigenvalue weighted by molar-refractivity contribution is 0.0692. The van der Waals surface area contributed by atoms with Gasteiger partial charge in [0.15, 0.2) is 5.69 Å². The zero-order valence-electron chi connectivity index (χ0n) is 11.1. The highest BCUT2D eigenvalue weighted by molar-refractivity contribution is 6.34. The number of nitrogens with zero attached hydrogens (tertiary/aromatic N) is 1. The van der Waals surface area contributed by atoms with Crippen LogP contribution in [0, 0.1) is 6.92 Å². The Morgan fingerprint density at radius 3 is 2.62 bits per heavy atom. The average Bonchev–Trinajstić information content (AvgIpc) is 2.43. The van der Waals surface area contributed by atoms with Gasteiger partial charge in [-0.3, -0.25) is 0 Å². The topological polar surface area (TPSA) is 91.3 Å². The molecule has 0 aliphatic heterocycles. The van der Waals surface area contributed by atoms with Crippen molar-refractivity contribution in [2.24, 2.45) is 0 Å². The SMILES string of the molecule is Cc1cccc(Cl)c1NC(=O)Nc1cccnc1C(=O)O. The number of carbonyl (C=O) groups excluding carboxylic acids is 1. The number of rotatable bonds is 3.